The molecule has 0 atom stereocenters. The van der Waals surface area contributed by atoms with E-state index in [0.717, 1.165) is 18.3 Å². The number of aromatic nitrogens is 2. The van der Waals surface area contributed by atoms with Gasteiger partial charge in [0.15, 0.2) is 0 Å². The van der Waals surface area contributed by atoms with E-state index in [-0.39, 0.29) is 29.8 Å². The molecule has 2 aromatic heterocycles. The fourth-order valence-corrected chi connectivity index (χ4v) is 2.75. The van der Waals surface area contributed by atoms with E-state index in [1.54, 1.807) is 0 Å². The lowest BCUT2D eigenvalue weighted by atomic mass is 10.2. The van der Waals surface area contributed by atoms with E-state index in [1.807, 2.05) is 0 Å². The summed E-state index contributed by atoms with van der Waals surface area (Å²) in [5.41, 5.74) is -2.01. The summed E-state index contributed by atoms with van der Waals surface area (Å²) in [5, 5.41) is 0.228. The molecule has 1 aliphatic rings. The average Bonchev–Trinajstić information content (AvgIpc) is 2.60. The number of halogens is 7. The summed E-state index contributed by atoms with van der Waals surface area (Å²) >= 11 is 6.06. The molecule has 4 nitrogen and oxygen atoms in total. The summed E-state index contributed by atoms with van der Waals surface area (Å²) in [6, 6.07) is 5.59. The summed E-state index contributed by atoms with van der Waals surface area (Å²) in [6.45, 7) is 0.0371. The fourth-order valence-electron chi connectivity index (χ4n) is 2.49. The van der Waals surface area contributed by atoms with E-state index in [1.165, 1.54) is 34.2 Å². The predicted octanol–water partition coefficient (Wildman–Crippen LogP) is 4.88. The maximum Gasteiger partial charge on any atom is 0.433 e. The minimum absolute atomic E-state index is 0.00572. The van der Waals surface area contributed by atoms with E-state index < -0.39 is 23.7 Å². The van der Waals surface area contributed by atoms with Gasteiger partial charge in [0, 0.05) is 18.1 Å². The third kappa shape index (κ3) is 4.44. The monoisotopic (exact) mass is 408 g/mol. The summed E-state index contributed by atoms with van der Waals surface area (Å²) in [4.78, 5) is 9.67. The summed E-state index contributed by atoms with van der Waals surface area (Å²) in [7, 11) is 0. The number of alkyl halides is 6. The number of rotatable bonds is 2. The van der Waals surface area contributed by atoms with E-state index in [0.29, 0.717) is 0 Å². The Morgan fingerprint density at radius 2 is 1.67 bits per heavy atom. The Labute approximate surface area is 154 Å². The van der Waals surface area contributed by atoms with Crippen LogP contribution < -0.4 is 9.80 Å². The lowest BCUT2D eigenvalue weighted by Crippen LogP contribution is -2.41. The van der Waals surface area contributed by atoms with Crippen molar-refractivity contribution in [3.63, 3.8) is 0 Å². The molecule has 0 fully saturated rings. The van der Waals surface area contributed by atoms with Crippen LogP contribution in [0.25, 0.3) is 0 Å². The molecular formula is C16H11ClF6N4. The van der Waals surface area contributed by atoms with Crippen LogP contribution in [0.2, 0.25) is 0 Å². The standard InChI is InChI=1S/C16H11ClF6N4/c17-10-7-26(11-4-5-24-13(6-11)16(21,22)23)9-27(8-10)14-3-1-2-12(25-14)15(18,19)20/h1-7H,8-9H2. The van der Waals surface area contributed by atoms with Gasteiger partial charge in [0.2, 0.25) is 0 Å². The van der Waals surface area contributed by atoms with Gasteiger partial charge in [-0.15, -0.1) is 0 Å². The highest BCUT2D eigenvalue weighted by Crippen LogP contribution is 2.33. The van der Waals surface area contributed by atoms with E-state index in [9.17, 15) is 26.3 Å². The first-order chi connectivity index (χ1) is 12.5. The van der Waals surface area contributed by atoms with Crippen molar-refractivity contribution >= 4 is 23.1 Å². The zero-order chi connectivity index (χ0) is 19.8. The van der Waals surface area contributed by atoms with Gasteiger partial charge in [-0.25, -0.2) is 4.98 Å². The maximum absolute atomic E-state index is 12.9. The lowest BCUT2D eigenvalue weighted by molar-refractivity contribution is -0.141. The van der Waals surface area contributed by atoms with Gasteiger partial charge in [0.05, 0.1) is 18.2 Å². The van der Waals surface area contributed by atoms with E-state index in [4.69, 9.17) is 11.6 Å². The van der Waals surface area contributed by atoms with Crippen LogP contribution in [0.15, 0.2) is 47.8 Å². The molecule has 144 valence electrons. The molecule has 11 heteroatoms. The highest BCUT2D eigenvalue weighted by atomic mass is 35.5. The largest absolute Gasteiger partial charge is 0.433 e. The zero-order valence-corrected chi connectivity index (χ0v) is 14.1. The molecule has 0 spiro atoms. The first-order valence-corrected chi connectivity index (χ1v) is 7.87. The number of anilines is 2. The number of hydrogen-bond donors (Lipinski definition) is 0. The van der Waals surface area contributed by atoms with Crippen molar-refractivity contribution in [2.24, 2.45) is 0 Å². The predicted molar refractivity (Wildman–Crippen MR) is 87.1 cm³/mol. The Bertz CT molecular complexity index is 864. The van der Waals surface area contributed by atoms with Gasteiger partial charge in [-0.05, 0) is 24.3 Å². The number of hydrogen-bond acceptors (Lipinski definition) is 4. The molecule has 3 heterocycles. The van der Waals surface area contributed by atoms with Crippen LogP contribution in [0.5, 0.6) is 0 Å². The minimum atomic E-state index is -4.62. The van der Waals surface area contributed by atoms with Crippen LogP contribution in [0, 0.1) is 0 Å². The summed E-state index contributed by atoms with van der Waals surface area (Å²) in [6.07, 6.45) is -6.82. The van der Waals surface area contributed by atoms with Crippen molar-refractivity contribution in [2.75, 3.05) is 23.0 Å². The smallest absolute Gasteiger partial charge is 0.333 e. The second-order valence-corrected chi connectivity index (χ2v) is 6.15. The van der Waals surface area contributed by atoms with E-state index in [2.05, 4.69) is 9.97 Å². The SMILES string of the molecule is FC(F)(F)c1cc(N2C=C(Cl)CN(c3cccc(C(F)(F)F)n3)C2)ccn1. The van der Waals surface area contributed by atoms with Gasteiger partial charge >= 0.3 is 12.4 Å². The van der Waals surface area contributed by atoms with Crippen LogP contribution in [0.3, 0.4) is 0 Å². The van der Waals surface area contributed by atoms with Gasteiger partial charge in [-0.1, -0.05) is 17.7 Å². The molecule has 1 aliphatic heterocycles. The minimum Gasteiger partial charge on any atom is -0.333 e. The van der Waals surface area contributed by atoms with Crippen LogP contribution in [-0.2, 0) is 12.4 Å². The Balaban J connectivity index is 1.90. The zero-order valence-electron chi connectivity index (χ0n) is 13.4. The number of pyridine rings is 2. The van der Waals surface area contributed by atoms with Crippen molar-refractivity contribution in [1.29, 1.82) is 0 Å². The first-order valence-electron chi connectivity index (χ1n) is 7.49. The third-order valence-electron chi connectivity index (χ3n) is 3.68. The Kier molecular flexibility index (Phi) is 4.94. The molecule has 0 aromatic carbocycles. The molecular weight excluding hydrogens is 398 g/mol. The van der Waals surface area contributed by atoms with Gasteiger partial charge in [-0.2, -0.15) is 26.3 Å². The molecule has 0 saturated heterocycles. The summed E-state index contributed by atoms with van der Waals surface area (Å²) < 4.78 is 77.2. The molecule has 27 heavy (non-hydrogen) atoms. The van der Waals surface area contributed by atoms with E-state index >= 15 is 0 Å². The lowest BCUT2D eigenvalue weighted by Gasteiger charge is -2.35. The van der Waals surface area contributed by atoms with Crippen molar-refractivity contribution in [1.82, 2.24) is 9.97 Å². The third-order valence-corrected chi connectivity index (χ3v) is 3.89. The molecule has 0 amide bonds. The van der Waals surface area contributed by atoms with Gasteiger partial charge in [0.1, 0.15) is 17.2 Å². The molecule has 0 aliphatic carbocycles. The Morgan fingerprint density at radius 3 is 2.33 bits per heavy atom. The van der Waals surface area contributed by atoms with Gasteiger partial charge < -0.3 is 9.80 Å². The Hall–Kier alpha value is -2.49. The van der Waals surface area contributed by atoms with Crippen LogP contribution in [-0.4, -0.2) is 23.2 Å². The van der Waals surface area contributed by atoms with Crippen LogP contribution in [0.4, 0.5) is 37.8 Å². The Morgan fingerprint density at radius 1 is 0.963 bits per heavy atom. The molecule has 0 radical (unpaired) electrons. The maximum atomic E-state index is 12.9. The second-order valence-electron chi connectivity index (χ2n) is 5.66. The quantitative estimate of drug-likeness (QED) is 0.663. The molecule has 2 aromatic rings. The fraction of sp³-hybridized carbons (Fsp3) is 0.250. The number of nitrogens with zero attached hydrogens (tertiary/aromatic N) is 4. The molecule has 0 saturated carbocycles. The van der Waals surface area contributed by atoms with Gasteiger partial charge in [0.25, 0.3) is 0 Å². The highest BCUT2D eigenvalue weighted by molar-refractivity contribution is 6.30. The molecule has 0 bridgehead atoms. The molecule has 0 N–H and O–H groups in total. The van der Waals surface area contributed by atoms with Crippen LogP contribution >= 0.6 is 11.6 Å². The first kappa shape index (κ1) is 19.3. The van der Waals surface area contributed by atoms with Gasteiger partial charge in [-0.3, -0.25) is 4.98 Å². The topological polar surface area (TPSA) is 32.3 Å². The molecule has 3 rings (SSSR count). The average molecular weight is 409 g/mol. The van der Waals surface area contributed by atoms with Crippen molar-refractivity contribution in [2.45, 2.75) is 12.4 Å². The normalized spacial score (nSPS) is 15.7. The molecule has 0 unspecified atom stereocenters. The second kappa shape index (κ2) is 6.91. The highest BCUT2D eigenvalue weighted by Gasteiger charge is 2.34. The van der Waals surface area contributed by atoms with Crippen molar-refractivity contribution in [3.05, 3.63) is 59.1 Å². The van der Waals surface area contributed by atoms with Crippen molar-refractivity contribution in [3.8, 4) is 0 Å². The van der Waals surface area contributed by atoms with Crippen molar-refractivity contribution < 1.29 is 26.3 Å². The summed E-state index contributed by atoms with van der Waals surface area (Å²) in [5.74, 6) is 0.00572. The van der Waals surface area contributed by atoms with Crippen LogP contribution in [0.1, 0.15) is 11.4 Å².